The number of rotatable bonds is 6. The number of fused-ring (bicyclic) bond motifs is 1. The lowest BCUT2D eigenvalue weighted by atomic mass is 10.1. The van der Waals surface area contributed by atoms with Crippen molar-refractivity contribution in [1.82, 2.24) is 5.32 Å². The van der Waals surface area contributed by atoms with Gasteiger partial charge in [0.2, 0.25) is 5.91 Å². The number of nitrogens with one attached hydrogen (secondary N) is 2. The van der Waals surface area contributed by atoms with E-state index in [-0.39, 0.29) is 11.9 Å². The molecule has 1 aliphatic rings. The van der Waals surface area contributed by atoms with Crippen LogP contribution >= 0.6 is 0 Å². The van der Waals surface area contributed by atoms with Crippen LogP contribution in [0, 0.1) is 0 Å². The van der Waals surface area contributed by atoms with Crippen LogP contribution in [0.2, 0.25) is 0 Å². The molecule has 1 aliphatic heterocycles. The van der Waals surface area contributed by atoms with Crippen LogP contribution in [-0.2, 0) is 17.6 Å². The van der Waals surface area contributed by atoms with Gasteiger partial charge in [-0.2, -0.15) is 0 Å². The van der Waals surface area contributed by atoms with Crippen molar-refractivity contribution in [2.75, 3.05) is 18.4 Å². The van der Waals surface area contributed by atoms with Gasteiger partial charge in [-0.1, -0.05) is 12.1 Å². The van der Waals surface area contributed by atoms with Crippen LogP contribution in [0.5, 0.6) is 0 Å². The molecule has 1 heterocycles. The van der Waals surface area contributed by atoms with Crippen LogP contribution in [0.25, 0.3) is 0 Å². The minimum atomic E-state index is 0.0946. The summed E-state index contributed by atoms with van der Waals surface area (Å²) in [5.74, 6) is 0.0946. The SMILES string of the molecule is CC(N)CCNCCc1ccc2c(c1)CC(=O)N2. The maximum atomic E-state index is 11.2. The Hall–Kier alpha value is -1.39. The molecule has 4 nitrogen and oxygen atoms in total. The summed E-state index contributed by atoms with van der Waals surface area (Å²) in [4.78, 5) is 11.2. The van der Waals surface area contributed by atoms with Crippen LogP contribution in [0.1, 0.15) is 24.5 Å². The Balaban J connectivity index is 1.77. The van der Waals surface area contributed by atoms with Crippen molar-refractivity contribution in [3.63, 3.8) is 0 Å². The van der Waals surface area contributed by atoms with Crippen LogP contribution in [0.3, 0.4) is 0 Å². The van der Waals surface area contributed by atoms with Crippen molar-refractivity contribution in [2.45, 2.75) is 32.2 Å². The number of hydrogen-bond donors (Lipinski definition) is 3. The Morgan fingerprint density at radius 3 is 3.06 bits per heavy atom. The first-order chi connectivity index (χ1) is 8.65. The molecule has 1 atom stereocenters. The van der Waals surface area contributed by atoms with Gasteiger partial charge in [0.15, 0.2) is 0 Å². The van der Waals surface area contributed by atoms with E-state index in [4.69, 9.17) is 5.73 Å². The van der Waals surface area contributed by atoms with Crippen LogP contribution in [0.15, 0.2) is 18.2 Å². The van der Waals surface area contributed by atoms with Crippen LogP contribution in [0.4, 0.5) is 5.69 Å². The van der Waals surface area contributed by atoms with Crippen molar-refractivity contribution < 1.29 is 4.79 Å². The van der Waals surface area contributed by atoms with Crippen molar-refractivity contribution in [3.05, 3.63) is 29.3 Å². The van der Waals surface area contributed by atoms with Gasteiger partial charge in [0.25, 0.3) is 0 Å². The Morgan fingerprint density at radius 1 is 1.44 bits per heavy atom. The summed E-state index contributed by atoms with van der Waals surface area (Å²) in [5, 5.41) is 6.22. The van der Waals surface area contributed by atoms with Gasteiger partial charge in [0, 0.05) is 11.7 Å². The smallest absolute Gasteiger partial charge is 0.228 e. The molecular formula is C14H21N3O. The van der Waals surface area contributed by atoms with E-state index in [1.807, 2.05) is 13.0 Å². The zero-order valence-electron chi connectivity index (χ0n) is 10.8. The highest BCUT2D eigenvalue weighted by molar-refractivity contribution is 5.99. The molecule has 0 saturated carbocycles. The molecule has 0 aromatic heterocycles. The molecule has 1 unspecified atom stereocenters. The Morgan fingerprint density at radius 2 is 2.28 bits per heavy atom. The highest BCUT2D eigenvalue weighted by Crippen LogP contribution is 2.23. The average molecular weight is 247 g/mol. The van der Waals surface area contributed by atoms with Gasteiger partial charge in [-0.15, -0.1) is 0 Å². The molecule has 4 N–H and O–H groups in total. The van der Waals surface area contributed by atoms with Gasteiger partial charge in [-0.25, -0.2) is 0 Å². The van der Waals surface area contributed by atoms with Gasteiger partial charge in [-0.05, 0) is 50.0 Å². The van der Waals surface area contributed by atoms with Crippen molar-refractivity contribution >= 4 is 11.6 Å². The standard InChI is InChI=1S/C14H21N3O/c1-10(15)4-6-16-7-5-11-2-3-13-12(8-11)9-14(18)17-13/h2-3,8,10,16H,4-7,9,15H2,1H3,(H,17,18). The number of benzene rings is 1. The molecule has 0 saturated heterocycles. The van der Waals surface area contributed by atoms with Crippen LogP contribution in [-0.4, -0.2) is 25.0 Å². The molecule has 98 valence electrons. The minimum absolute atomic E-state index is 0.0946. The van der Waals surface area contributed by atoms with E-state index in [1.54, 1.807) is 0 Å². The molecule has 0 bridgehead atoms. The molecule has 0 spiro atoms. The van der Waals surface area contributed by atoms with Crippen molar-refractivity contribution in [1.29, 1.82) is 0 Å². The fourth-order valence-electron chi connectivity index (χ4n) is 2.13. The Bertz CT molecular complexity index is 429. The molecule has 0 aliphatic carbocycles. The largest absolute Gasteiger partial charge is 0.328 e. The molecule has 18 heavy (non-hydrogen) atoms. The number of nitrogens with two attached hydrogens (primary N) is 1. The topological polar surface area (TPSA) is 67.1 Å². The fraction of sp³-hybridized carbons (Fsp3) is 0.500. The second kappa shape index (κ2) is 5.98. The number of amides is 1. The number of carbonyl (C=O) groups excluding carboxylic acids is 1. The second-order valence-electron chi connectivity index (χ2n) is 4.98. The first-order valence-corrected chi connectivity index (χ1v) is 6.53. The molecule has 1 aromatic carbocycles. The van der Waals surface area contributed by atoms with E-state index in [0.717, 1.165) is 37.2 Å². The van der Waals surface area contributed by atoms with E-state index in [1.165, 1.54) is 5.56 Å². The van der Waals surface area contributed by atoms with E-state index >= 15 is 0 Å². The van der Waals surface area contributed by atoms with Gasteiger partial charge in [0.05, 0.1) is 6.42 Å². The summed E-state index contributed by atoms with van der Waals surface area (Å²) in [5.41, 5.74) is 9.04. The summed E-state index contributed by atoms with van der Waals surface area (Å²) < 4.78 is 0. The molecule has 2 rings (SSSR count). The fourth-order valence-corrected chi connectivity index (χ4v) is 2.13. The molecular weight excluding hydrogens is 226 g/mol. The summed E-state index contributed by atoms with van der Waals surface area (Å²) in [6.07, 6.45) is 2.50. The number of hydrogen-bond acceptors (Lipinski definition) is 3. The third-order valence-electron chi connectivity index (χ3n) is 3.16. The monoisotopic (exact) mass is 247 g/mol. The summed E-state index contributed by atoms with van der Waals surface area (Å²) in [7, 11) is 0. The third kappa shape index (κ3) is 3.55. The highest BCUT2D eigenvalue weighted by atomic mass is 16.1. The predicted octanol–water partition coefficient (Wildman–Crippen LogP) is 1.05. The summed E-state index contributed by atoms with van der Waals surface area (Å²) in [6, 6.07) is 6.46. The third-order valence-corrected chi connectivity index (χ3v) is 3.16. The zero-order chi connectivity index (χ0) is 13.0. The molecule has 1 amide bonds. The van der Waals surface area contributed by atoms with Gasteiger partial charge >= 0.3 is 0 Å². The number of anilines is 1. The van der Waals surface area contributed by atoms with Gasteiger partial charge < -0.3 is 16.4 Å². The molecule has 0 radical (unpaired) electrons. The molecule has 0 fully saturated rings. The van der Waals surface area contributed by atoms with E-state index in [2.05, 4.69) is 22.8 Å². The van der Waals surface area contributed by atoms with Gasteiger partial charge in [-0.3, -0.25) is 4.79 Å². The van der Waals surface area contributed by atoms with E-state index < -0.39 is 0 Å². The predicted molar refractivity (Wildman–Crippen MR) is 73.6 cm³/mol. The van der Waals surface area contributed by atoms with E-state index in [9.17, 15) is 4.79 Å². The lowest BCUT2D eigenvalue weighted by Crippen LogP contribution is -2.25. The lowest BCUT2D eigenvalue weighted by molar-refractivity contribution is -0.115. The van der Waals surface area contributed by atoms with E-state index in [0.29, 0.717) is 6.42 Å². The Kier molecular flexibility index (Phi) is 4.33. The van der Waals surface area contributed by atoms with Crippen molar-refractivity contribution in [3.8, 4) is 0 Å². The Labute approximate surface area is 108 Å². The average Bonchev–Trinajstić information content (AvgIpc) is 2.67. The minimum Gasteiger partial charge on any atom is -0.328 e. The lowest BCUT2D eigenvalue weighted by Gasteiger charge is -2.08. The number of carbonyl (C=O) groups is 1. The highest BCUT2D eigenvalue weighted by Gasteiger charge is 2.16. The summed E-state index contributed by atoms with van der Waals surface area (Å²) >= 11 is 0. The van der Waals surface area contributed by atoms with Crippen LogP contribution < -0.4 is 16.4 Å². The van der Waals surface area contributed by atoms with Gasteiger partial charge in [0.1, 0.15) is 0 Å². The second-order valence-corrected chi connectivity index (χ2v) is 4.98. The van der Waals surface area contributed by atoms with Crippen molar-refractivity contribution in [2.24, 2.45) is 5.73 Å². The zero-order valence-corrected chi connectivity index (χ0v) is 10.8. The maximum absolute atomic E-state index is 11.2. The maximum Gasteiger partial charge on any atom is 0.228 e. The first kappa shape index (κ1) is 13.1. The first-order valence-electron chi connectivity index (χ1n) is 6.53. The summed E-state index contributed by atoms with van der Waals surface area (Å²) in [6.45, 7) is 3.93. The quantitative estimate of drug-likeness (QED) is 0.658. The molecule has 4 heteroatoms. The molecule has 1 aromatic rings. The normalized spacial score (nSPS) is 15.3.